The van der Waals surface area contributed by atoms with Crippen molar-refractivity contribution >= 4 is 0 Å². The van der Waals surface area contributed by atoms with E-state index < -0.39 is 0 Å². The topological polar surface area (TPSA) is 60.1 Å². The number of nitrogens with zero attached hydrogens (tertiary/aromatic N) is 3. The fraction of sp³-hybridized carbons (Fsp3) is 0.500. The molecule has 2 heterocycles. The molecule has 1 aliphatic carbocycles. The molecule has 1 aromatic carbocycles. The summed E-state index contributed by atoms with van der Waals surface area (Å²) in [6.07, 6.45) is 8.89. The Hall–Kier alpha value is -2.32. The van der Waals surface area contributed by atoms with Gasteiger partial charge in [-0.15, -0.1) is 0 Å². The first-order valence-electron chi connectivity index (χ1n) is 9.07. The van der Waals surface area contributed by atoms with Crippen LogP contribution in [0.15, 0.2) is 24.4 Å². The maximum atomic E-state index is 9.20. The van der Waals surface area contributed by atoms with Crippen LogP contribution in [0.1, 0.15) is 66.6 Å². The van der Waals surface area contributed by atoms with Crippen LogP contribution in [-0.2, 0) is 11.2 Å². The van der Waals surface area contributed by atoms with E-state index in [2.05, 4.69) is 18.3 Å². The zero-order chi connectivity index (χ0) is 17.2. The van der Waals surface area contributed by atoms with Crippen LogP contribution in [0.2, 0.25) is 0 Å². The molecule has 4 rings (SSSR count). The lowest BCUT2D eigenvalue weighted by atomic mass is 9.82. The summed E-state index contributed by atoms with van der Waals surface area (Å²) in [4.78, 5) is 0. The van der Waals surface area contributed by atoms with E-state index in [4.69, 9.17) is 14.6 Å². The lowest BCUT2D eigenvalue weighted by molar-refractivity contribution is -0.0397. The highest BCUT2D eigenvalue weighted by Crippen LogP contribution is 2.39. The Kier molecular flexibility index (Phi) is 4.46. The van der Waals surface area contributed by atoms with Crippen molar-refractivity contribution in [3.8, 4) is 11.8 Å². The van der Waals surface area contributed by atoms with Crippen molar-refractivity contribution in [2.75, 3.05) is 13.7 Å². The van der Waals surface area contributed by atoms with Crippen LogP contribution >= 0.6 is 0 Å². The molecule has 0 bridgehead atoms. The van der Waals surface area contributed by atoms with Gasteiger partial charge in [-0.1, -0.05) is 6.07 Å². The molecular formula is C20H23N3O2. The quantitative estimate of drug-likeness (QED) is 0.851. The smallest absolute Gasteiger partial charge is 0.150 e. The average Bonchev–Trinajstić information content (AvgIpc) is 3.12. The lowest BCUT2D eigenvalue weighted by Gasteiger charge is -2.23. The van der Waals surface area contributed by atoms with Crippen molar-refractivity contribution in [1.29, 1.82) is 5.26 Å². The van der Waals surface area contributed by atoms with E-state index in [0.29, 0.717) is 17.2 Å². The standard InChI is InChI=1S/C20H23N3O2/c1-24-19-11-14(8-9-15(19)12-21)16-5-4-6-18-17(16)13-23(22-18)20-7-2-3-10-25-20/h8-9,11,13,16,20H,2-7,10H2,1H3. The molecule has 25 heavy (non-hydrogen) atoms. The van der Waals surface area contributed by atoms with Gasteiger partial charge in [0, 0.05) is 24.3 Å². The predicted octanol–water partition coefficient (Wildman–Crippen LogP) is 3.93. The molecule has 2 aromatic rings. The molecule has 0 spiro atoms. The average molecular weight is 337 g/mol. The lowest BCUT2D eigenvalue weighted by Crippen LogP contribution is -2.18. The molecule has 2 atom stereocenters. The number of rotatable bonds is 3. The molecule has 1 aliphatic heterocycles. The Morgan fingerprint density at radius 3 is 2.96 bits per heavy atom. The second-order valence-electron chi connectivity index (χ2n) is 6.85. The van der Waals surface area contributed by atoms with Crippen LogP contribution in [-0.4, -0.2) is 23.5 Å². The van der Waals surface area contributed by atoms with Crippen LogP contribution in [0.4, 0.5) is 0 Å². The zero-order valence-corrected chi connectivity index (χ0v) is 14.6. The molecule has 1 fully saturated rings. The summed E-state index contributed by atoms with van der Waals surface area (Å²) >= 11 is 0. The van der Waals surface area contributed by atoms with Gasteiger partial charge in [0.15, 0.2) is 0 Å². The largest absolute Gasteiger partial charge is 0.495 e. The first-order chi connectivity index (χ1) is 12.3. The minimum absolute atomic E-state index is 0.0792. The van der Waals surface area contributed by atoms with Crippen molar-refractivity contribution in [2.24, 2.45) is 0 Å². The molecule has 2 unspecified atom stereocenters. The fourth-order valence-electron chi connectivity index (χ4n) is 4.00. The minimum atomic E-state index is 0.0792. The number of aryl methyl sites for hydroxylation is 1. The van der Waals surface area contributed by atoms with E-state index in [-0.39, 0.29) is 6.23 Å². The van der Waals surface area contributed by atoms with E-state index in [1.165, 1.54) is 23.2 Å². The predicted molar refractivity (Wildman–Crippen MR) is 93.6 cm³/mol. The van der Waals surface area contributed by atoms with E-state index >= 15 is 0 Å². The van der Waals surface area contributed by atoms with Crippen LogP contribution in [0.3, 0.4) is 0 Å². The molecule has 0 amide bonds. The summed E-state index contributed by atoms with van der Waals surface area (Å²) in [6.45, 7) is 0.825. The number of hydrogen-bond donors (Lipinski definition) is 0. The van der Waals surface area contributed by atoms with Gasteiger partial charge in [-0.25, -0.2) is 4.68 Å². The number of benzene rings is 1. The Morgan fingerprint density at radius 2 is 2.20 bits per heavy atom. The Bertz CT molecular complexity index is 800. The van der Waals surface area contributed by atoms with E-state index in [1.807, 2.05) is 16.8 Å². The molecule has 5 nitrogen and oxygen atoms in total. The van der Waals surface area contributed by atoms with Crippen LogP contribution in [0.5, 0.6) is 5.75 Å². The Morgan fingerprint density at radius 1 is 1.28 bits per heavy atom. The van der Waals surface area contributed by atoms with Crippen molar-refractivity contribution in [2.45, 2.75) is 50.7 Å². The molecule has 1 aromatic heterocycles. The number of hydrogen-bond acceptors (Lipinski definition) is 4. The van der Waals surface area contributed by atoms with Gasteiger partial charge in [0.1, 0.15) is 18.0 Å². The third kappa shape index (κ3) is 3.03. The van der Waals surface area contributed by atoms with Gasteiger partial charge in [-0.05, 0) is 56.2 Å². The molecule has 1 saturated heterocycles. The third-order valence-corrected chi connectivity index (χ3v) is 5.32. The van der Waals surface area contributed by atoms with Gasteiger partial charge in [-0.2, -0.15) is 10.4 Å². The first kappa shape index (κ1) is 16.2. The summed E-state index contributed by atoms with van der Waals surface area (Å²) < 4.78 is 13.3. The number of fused-ring (bicyclic) bond motifs is 1. The van der Waals surface area contributed by atoms with E-state index in [1.54, 1.807) is 7.11 Å². The maximum Gasteiger partial charge on any atom is 0.150 e. The fourth-order valence-corrected chi connectivity index (χ4v) is 4.00. The maximum absolute atomic E-state index is 9.20. The Labute approximate surface area is 148 Å². The summed E-state index contributed by atoms with van der Waals surface area (Å²) in [7, 11) is 1.62. The Balaban J connectivity index is 1.67. The second-order valence-corrected chi connectivity index (χ2v) is 6.85. The third-order valence-electron chi connectivity index (χ3n) is 5.32. The number of ether oxygens (including phenoxy) is 2. The number of nitriles is 1. The summed E-state index contributed by atoms with van der Waals surface area (Å²) in [5.74, 6) is 0.956. The minimum Gasteiger partial charge on any atom is -0.495 e. The van der Waals surface area contributed by atoms with Crippen molar-refractivity contribution in [3.63, 3.8) is 0 Å². The highest BCUT2D eigenvalue weighted by Gasteiger charge is 2.27. The number of methoxy groups -OCH3 is 1. The molecule has 0 saturated carbocycles. The van der Waals surface area contributed by atoms with Crippen molar-refractivity contribution in [1.82, 2.24) is 9.78 Å². The van der Waals surface area contributed by atoms with E-state index in [0.717, 1.165) is 38.7 Å². The second kappa shape index (κ2) is 6.89. The van der Waals surface area contributed by atoms with Crippen LogP contribution in [0, 0.1) is 11.3 Å². The zero-order valence-electron chi connectivity index (χ0n) is 14.6. The SMILES string of the molecule is COc1cc(C2CCCc3nn(C4CCCCO4)cc32)ccc1C#N. The molecule has 2 aliphatic rings. The van der Waals surface area contributed by atoms with E-state index in [9.17, 15) is 5.26 Å². The van der Waals surface area contributed by atoms with Gasteiger partial charge < -0.3 is 9.47 Å². The molecule has 0 N–H and O–H groups in total. The molecule has 130 valence electrons. The van der Waals surface area contributed by atoms with Gasteiger partial charge in [-0.3, -0.25) is 0 Å². The first-order valence-corrected chi connectivity index (χ1v) is 9.07. The van der Waals surface area contributed by atoms with Crippen LogP contribution < -0.4 is 4.74 Å². The summed E-state index contributed by atoms with van der Waals surface area (Å²) in [6, 6.07) is 8.10. The van der Waals surface area contributed by atoms with Crippen molar-refractivity contribution in [3.05, 3.63) is 46.8 Å². The highest BCUT2D eigenvalue weighted by molar-refractivity contribution is 5.48. The van der Waals surface area contributed by atoms with Gasteiger partial charge in [0.2, 0.25) is 0 Å². The molecular weight excluding hydrogens is 314 g/mol. The monoisotopic (exact) mass is 337 g/mol. The van der Waals surface area contributed by atoms with Crippen molar-refractivity contribution < 1.29 is 9.47 Å². The summed E-state index contributed by atoms with van der Waals surface area (Å²) in [5, 5.41) is 14.0. The highest BCUT2D eigenvalue weighted by atomic mass is 16.5. The van der Waals surface area contributed by atoms with Gasteiger partial charge >= 0.3 is 0 Å². The molecule has 5 heteroatoms. The number of aromatic nitrogens is 2. The normalized spacial score (nSPS) is 22.9. The van der Waals surface area contributed by atoms with Crippen LogP contribution in [0.25, 0.3) is 0 Å². The summed E-state index contributed by atoms with van der Waals surface area (Å²) in [5.41, 5.74) is 4.26. The van der Waals surface area contributed by atoms with Gasteiger partial charge in [0.25, 0.3) is 0 Å². The van der Waals surface area contributed by atoms with Gasteiger partial charge in [0.05, 0.1) is 18.4 Å². The molecule has 0 radical (unpaired) electrons.